The zero-order valence-corrected chi connectivity index (χ0v) is 16.7. The molecule has 3 unspecified atom stereocenters. The fraction of sp³-hybridized carbons (Fsp3) is 0.375. The summed E-state index contributed by atoms with van der Waals surface area (Å²) in [5.41, 5.74) is 4.36. The third kappa shape index (κ3) is 1.66. The molecule has 6 heteroatoms. The summed E-state index contributed by atoms with van der Waals surface area (Å²) in [6.45, 7) is 0.809. The van der Waals surface area contributed by atoms with E-state index in [0.29, 0.717) is 12.2 Å². The molecule has 1 aromatic heterocycles. The highest BCUT2D eigenvalue weighted by Gasteiger charge is 2.71. The number of para-hydroxylation sites is 1. The number of nitrogens with one attached hydrogen (secondary N) is 2. The molecule has 6 nitrogen and oxygen atoms in total. The van der Waals surface area contributed by atoms with Crippen molar-refractivity contribution in [3.63, 3.8) is 0 Å². The van der Waals surface area contributed by atoms with Crippen LogP contribution in [0, 0.1) is 0 Å². The predicted octanol–water partition coefficient (Wildman–Crippen LogP) is 2.56. The number of rotatable bonds is 1. The van der Waals surface area contributed by atoms with Gasteiger partial charge in [0.15, 0.2) is 17.6 Å². The number of fused-ring (bicyclic) bond motifs is 3. The van der Waals surface area contributed by atoms with Gasteiger partial charge in [-0.3, -0.25) is 0 Å². The largest absolute Gasteiger partial charge is 0.504 e. The summed E-state index contributed by atoms with van der Waals surface area (Å²) in [7, 11) is 1.92. The van der Waals surface area contributed by atoms with Gasteiger partial charge in [0.2, 0.25) is 0 Å². The molecular formula is C24H23N3O3. The summed E-state index contributed by atoms with van der Waals surface area (Å²) in [5.74, 6) is 0.679. The van der Waals surface area contributed by atoms with Crippen molar-refractivity contribution in [2.24, 2.45) is 0 Å². The Kier molecular flexibility index (Phi) is 2.96. The number of phenolic OH excluding ortho intramolecular Hbond substituents is 1. The van der Waals surface area contributed by atoms with E-state index >= 15 is 0 Å². The van der Waals surface area contributed by atoms with E-state index in [-0.39, 0.29) is 11.8 Å². The van der Waals surface area contributed by atoms with Crippen molar-refractivity contribution in [2.75, 3.05) is 18.9 Å². The Morgan fingerprint density at radius 2 is 2.10 bits per heavy atom. The molecule has 2 bridgehead atoms. The normalized spacial score (nSPS) is 32.3. The highest BCUT2D eigenvalue weighted by molar-refractivity contribution is 5.94. The quantitative estimate of drug-likeness (QED) is 0.501. The molecule has 0 amide bonds. The van der Waals surface area contributed by atoms with Crippen LogP contribution in [0.15, 0.2) is 36.4 Å². The second kappa shape index (κ2) is 5.25. The number of ether oxygens (including phenoxy) is 1. The molecule has 4 atom stereocenters. The molecule has 1 fully saturated rings. The molecule has 2 aliphatic heterocycles. The summed E-state index contributed by atoms with van der Waals surface area (Å²) >= 11 is 0. The number of hydrogen-bond acceptors (Lipinski definition) is 6. The van der Waals surface area contributed by atoms with Crippen molar-refractivity contribution in [2.45, 2.75) is 42.4 Å². The van der Waals surface area contributed by atoms with E-state index in [1.807, 2.05) is 31.3 Å². The maximum Gasteiger partial charge on any atom is 0.166 e. The fourth-order valence-corrected chi connectivity index (χ4v) is 6.83. The first kappa shape index (κ1) is 16.9. The van der Waals surface area contributed by atoms with Crippen molar-refractivity contribution in [1.29, 1.82) is 0 Å². The monoisotopic (exact) mass is 401 g/mol. The first-order valence-electron chi connectivity index (χ1n) is 10.7. The van der Waals surface area contributed by atoms with Crippen LogP contribution in [-0.2, 0) is 18.3 Å². The van der Waals surface area contributed by atoms with Crippen LogP contribution in [0.2, 0.25) is 0 Å². The number of aromatic hydroxyl groups is 1. The van der Waals surface area contributed by atoms with Gasteiger partial charge in [0.1, 0.15) is 0 Å². The minimum atomic E-state index is -1.01. The SMILES string of the molecule is CNc1c2c(nc3ccccc13)C1Oc3c(O)ccc4c3[C@@]13CCNC(C4)C3(O)C2. The Bertz CT molecular complexity index is 1260. The van der Waals surface area contributed by atoms with Crippen LogP contribution >= 0.6 is 0 Å². The topological polar surface area (TPSA) is 86.6 Å². The number of pyridine rings is 1. The first-order valence-corrected chi connectivity index (χ1v) is 10.7. The number of aromatic nitrogens is 1. The van der Waals surface area contributed by atoms with E-state index in [9.17, 15) is 10.2 Å². The van der Waals surface area contributed by atoms with Crippen LogP contribution in [0.4, 0.5) is 5.69 Å². The molecule has 3 heterocycles. The molecule has 3 aromatic rings. The van der Waals surface area contributed by atoms with Gasteiger partial charge < -0.3 is 25.6 Å². The van der Waals surface area contributed by atoms with Gasteiger partial charge >= 0.3 is 0 Å². The molecule has 2 aromatic carbocycles. The molecule has 1 spiro atoms. The van der Waals surface area contributed by atoms with Crippen molar-refractivity contribution in [1.82, 2.24) is 10.3 Å². The molecule has 4 N–H and O–H groups in total. The smallest absolute Gasteiger partial charge is 0.166 e. The Balaban J connectivity index is 1.61. The van der Waals surface area contributed by atoms with E-state index < -0.39 is 17.1 Å². The summed E-state index contributed by atoms with van der Waals surface area (Å²) < 4.78 is 6.52. The van der Waals surface area contributed by atoms with Crippen molar-refractivity contribution in [3.05, 3.63) is 58.8 Å². The van der Waals surface area contributed by atoms with Gasteiger partial charge in [0.05, 0.1) is 22.2 Å². The molecule has 152 valence electrons. The maximum absolute atomic E-state index is 12.4. The van der Waals surface area contributed by atoms with Crippen molar-refractivity contribution >= 4 is 16.6 Å². The van der Waals surface area contributed by atoms with Gasteiger partial charge in [0.25, 0.3) is 0 Å². The lowest BCUT2D eigenvalue weighted by Gasteiger charge is -2.60. The Morgan fingerprint density at radius 3 is 2.97 bits per heavy atom. The van der Waals surface area contributed by atoms with Crippen molar-refractivity contribution < 1.29 is 14.9 Å². The van der Waals surface area contributed by atoms with Gasteiger partial charge in [-0.1, -0.05) is 24.3 Å². The molecule has 4 aliphatic rings. The second-order valence-electron chi connectivity index (χ2n) is 9.10. The molecule has 7 rings (SSSR count). The highest BCUT2D eigenvalue weighted by atomic mass is 16.5. The number of benzene rings is 2. The minimum absolute atomic E-state index is 0.0651. The minimum Gasteiger partial charge on any atom is -0.504 e. The number of phenols is 1. The maximum atomic E-state index is 12.4. The van der Waals surface area contributed by atoms with Crippen molar-refractivity contribution in [3.8, 4) is 11.5 Å². The number of hydrogen-bond donors (Lipinski definition) is 4. The predicted molar refractivity (Wildman–Crippen MR) is 113 cm³/mol. The Hall–Kier alpha value is -2.83. The summed E-state index contributed by atoms with van der Waals surface area (Å²) in [6.07, 6.45) is 1.55. The zero-order chi connectivity index (χ0) is 20.3. The van der Waals surface area contributed by atoms with Gasteiger partial charge in [-0.15, -0.1) is 0 Å². The Morgan fingerprint density at radius 1 is 1.23 bits per heavy atom. The second-order valence-corrected chi connectivity index (χ2v) is 9.10. The third-order valence-electron chi connectivity index (χ3n) is 8.01. The molecule has 1 saturated heterocycles. The fourth-order valence-electron chi connectivity index (χ4n) is 6.83. The number of aliphatic hydroxyl groups is 1. The zero-order valence-electron chi connectivity index (χ0n) is 16.7. The van der Waals surface area contributed by atoms with Gasteiger partial charge in [-0.05, 0) is 37.1 Å². The molecule has 30 heavy (non-hydrogen) atoms. The van der Waals surface area contributed by atoms with E-state index in [2.05, 4.69) is 16.7 Å². The average Bonchev–Trinajstić information content (AvgIpc) is 3.09. The van der Waals surface area contributed by atoms with Crippen LogP contribution < -0.4 is 15.4 Å². The molecular weight excluding hydrogens is 378 g/mol. The number of nitrogens with zero attached hydrogens (tertiary/aromatic N) is 1. The molecule has 0 saturated carbocycles. The standard InChI is InChI=1S/C24H23N3O3/c1-25-19-13-4-2-3-5-15(13)27-20-14(19)11-24(29)17-10-12-6-7-16(28)21-18(12)23(24,8-9-26-17)22(20)30-21/h2-7,17,22,26,28-29H,8-11H2,1H3,(H,25,27)/t17?,22?,23-,24?/m0/s1. The molecule has 2 aliphatic carbocycles. The summed E-state index contributed by atoms with van der Waals surface area (Å²) in [6, 6.07) is 11.7. The lowest BCUT2D eigenvalue weighted by atomic mass is 9.49. The van der Waals surface area contributed by atoms with E-state index in [1.165, 1.54) is 0 Å². The van der Waals surface area contributed by atoms with Gasteiger partial charge in [0, 0.05) is 41.7 Å². The van der Waals surface area contributed by atoms with Crippen LogP contribution in [0.25, 0.3) is 10.9 Å². The first-order chi connectivity index (χ1) is 14.6. The lowest BCUT2D eigenvalue weighted by Crippen LogP contribution is -2.74. The van der Waals surface area contributed by atoms with Crippen LogP contribution in [0.3, 0.4) is 0 Å². The van der Waals surface area contributed by atoms with E-state index in [4.69, 9.17) is 9.72 Å². The van der Waals surface area contributed by atoms with Crippen LogP contribution in [0.5, 0.6) is 11.5 Å². The van der Waals surface area contributed by atoms with Crippen LogP contribution in [0.1, 0.15) is 34.9 Å². The number of anilines is 1. The van der Waals surface area contributed by atoms with E-state index in [0.717, 1.165) is 58.4 Å². The highest BCUT2D eigenvalue weighted by Crippen LogP contribution is 2.68. The third-order valence-corrected chi connectivity index (χ3v) is 8.01. The molecule has 0 radical (unpaired) electrons. The van der Waals surface area contributed by atoms with Gasteiger partial charge in [-0.2, -0.15) is 0 Å². The van der Waals surface area contributed by atoms with Crippen LogP contribution in [-0.4, -0.2) is 40.4 Å². The Labute approximate surface area is 173 Å². The average molecular weight is 401 g/mol. The number of piperidine rings is 1. The lowest BCUT2D eigenvalue weighted by molar-refractivity contribution is -0.134. The van der Waals surface area contributed by atoms with Gasteiger partial charge in [-0.25, -0.2) is 4.98 Å². The summed E-state index contributed by atoms with van der Waals surface area (Å²) in [5, 5.41) is 31.0. The van der Waals surface area contributed by atoms with E-state index in [1.54, 1.807) is 6.07 Å². The summed E-state index contributed by atoms with van der Waals surface area (Å²) in [4.78, 5) is 5.06.